The second kappa shape index (κ2) is 4.15. The molecule has 2 nitrogen and oxygen atoms in total. The number of fused-ring (bicyclic) bond motifs is 1. The zero-order valence-corrected chi connectivity index (χ0v) is 9.72. The van der Waals surface area contributed by atoms with Crippen molar-refractivity contribution in [2.75, 3.05) is 0 Å². The van der Waals surface area contributed by atoms with E-state index in [-0.39, 0.29) is 0 Å². The van der Waals surface area contributed by atoms with E-state index < -0.39 is 0 Å². The third-order valence-electron chi connectivity index (χ3n) is 2.70. The quantitative estimate of drug-likeness (QED) is 0.602. The maximum absolute atomic E-state index is 5.89. The molecule has 3 heteroatoms. The minimum atomic E-state index is 0.461. The van der Waals surface area contributed by atoms with Gasteiger partial charge in [-0.05, 0) is 10.8 Å². The highest BCUT2D eigenvalue weighted by Gasteiger charge is 2.04. The van der Waals surface area contributed by atoms with E-state index in [1.165, 1.54) is 17.1 Å². The van der Waals surface area contributed by atoms with Gasteiger partial charge in [0.25, 0.3) is 0 Å². The number of hydrogen-bond acceptors (Lipinski definition) is 2. The molecule has 82 valence electrons. The monoisotopic (exact) mass is 240 g/mol. The van der Waals surface area contributed by atoms with E-state index in [0.717, 1.165) is 11.3 Å². The van der Waals surface area contributed by atoms with Crippen LogP contribution in [-0.2, 0) is 0 Å². The van der Waals surface area contributed by atoms with E-state index in [1.807, 2.05) is 24.3 Å². The van der Waals surface area contributed by atoms with Gasteiger partial charge in [-0.2, -0.15) is 0 Å². The molecule has 0 amide bonds. The van der Waals surface area contributed by atoms with Crippen LogP contribution in [0.4, 0.5) is 0 Å². The Morgan fingerprint density at radius 2 is 1.71 bits per heavy atom. The Bertz CT molecular complexity index is 674. The van der Waals surface area contributed by atoms with E-state index >= 15 is 0 Å². The summed E-state index contributed by atoms with van der Waals surface area (Å²) in [6, 6.07) is 16.1. The molecule has 0 aliphatic heterocycles. The Kier molecular flexibility index (Phi) is 2.50. The van der Waals surface area contributed by atoms with Gasteiger partial charge in [0.2, 0.25) is 0 Å². The van der Waals surface area contributed by atoms with Crippen molar-refractivity contribution in [3.8, 4) is 11.3 Å². The summed E-state index contributed by atoms with van der Waals surface area (Å²) in [5.41, 5.74) is 1.93. The summed E-state index contributed by atoms with van der Waals surface area (Å²) >= 11 is 5.89. The van der Waals surface area contributed by atoms with Crippen LogP contribution in [0.1, 0.15) is 0 Å². The topological polar surface area (TPSA) is 25.8 Å². The van der Waals surface area contributed by atoms with Crippen LogP contribution < -0.4 is 0 Å². The number of hydrogen-bond donors (Lipinski definition) is 0. The van der Waals surface area contributed by atoms with E-state index in [1.54, 1.807) is 6.07 Å². The molecule has 1 aromatic heterocycles. The van der Waals surface area contributed by atoms with Crippen LogP contribution in [0.5, 0.6) is 0 Å². The summed E-state index contributed by atoms with van der Waals surface area (Å²) in [5.74, 6) is 0. The molecule has 0 saturated carbocycles. The lowest BCUT2D eigenvalue weighted by atomic mass is 10.0. The summed E-state index contributed by atoms with van der Waals surface area (Å²) in [4.78, 5) is 8.16. The van der Waals surface area contributed by atoms with E-state index in [2.05, 4.69) is 28.2 Å². The fraction of sp³-hybridized carbons (Fsp3) is 0. The standard InChI is InChI=1S/C14H9ClN2/c15-14-8-13(16-9-17-14)12-7-3-5-10-4-1-2-6-11(10)12/h1-9H. The molecule has 0 fully saturated rings. The first-order valence-corrected chi connectivity index (χ1v) is 5.68. The molecule has 0 spiro atoms. The number of rotatable bonds is 1. The predicted octanol–water partition coefficient (Wildman–Crippen LogP) is 3.95. The molecular formula is C14H9ClN2. The second-order valence-electron chi connectivity index (χ2n) is 3.75. The largest absolute Gasteiger partial charge is 0.236 e. The minimum Gasteiger partial charge on any atom is -0.236 e. The lowest BCUT2D eigenvalue weighted by Gasteiger charge is -2.05. The Morgan fingerprint density at radius 1 is 0.882 bits per heavy atom. The molecule has 0 saturated heterocycles. The van der Waals surface area contributed by atoms with Crippen molar-refractivity contribution in [2.24, 2.45) is 0 Å². The van der Waals surface area contributed by atoms with Gasteiger partial charge in [-0.3, -0.25) is 0 Å². The molecule has 0 aliphatic carbocycles. The molecule has 17 heavy (non-hydrogen) atoms. The van der Waals surface area contributed by atoms with Gasteiger partial charge in [-0.1, -0.05) is 54.1 Å². The first-order valence-electron chi connectivity index (χ1n) is 5.30. The Hall–Kier alpha value is -1.93. The van der Waals surface area contributed by atoms with Gasteiger partial charge >= 0.3 is 0 Å². The molecule has 3 rings (SSSR count). The number of benzene rings is 2. The van der Waals surface area contributed by atoms with Gasteiger partial charge in [0.15, 0.2) is 0 Å². The first kappa shape index (κ1) is 10.2. The molecule has 0 N–H and O–H groups in total. The van der Waals surface area contributed by atoms with Crippen molar-refractivity contribution in [3.05, 3.63) is 60.0 Å². The van der Waals surface area contributed by atoms with Crippen molar-refractivity contribution >= 4 is 22.4 Å². The second-order valence-corrected chi connectivity index (χ2v) is 4.14. The van der Waals surface area contributed by atoms with Crippen LogP contribution >= 0.6 is 11.6 Å². The summed E-state index contributed by atoms with van der Waals surface area (Å²) in [5, 5.41) is 2.83. The molecule has 2 aromatic carbocycles. The predicted molar refractivity (Wildman–Crippen MR) is 70.0 cm³/mol. The lowest BCUT2D eigenvalue weighted by molar-refractivity contribution is 1.17. The summed E-state index contributed by atoms with van der Waals surface area (Å²) in [7, 11) is 0. The van der Waals surface area contributed by atoms with Crippen LogP contribution in [0.25, 0.3) is 22.0 Å². The van der Waals surface area contributed by atoms with Gasteiger partial charge in [-0.25, -0.2) is 9.97 Å². The molecule has 0 aliphatic rings. The Labute approximate surface area is 104 Å². The fourth-order valence-corrected chi connectivity index (χ4v) is 2.08. The van der Waals surface area contributed by atoms with Crippen molar-refractivity contribution in [3.63, 3.8) is 0 Å². The summed E-state index contributed by atoms with van der Waals surface area (Å²) in [6.07, 6.45) is 1.49. The van der Waals surface area contributed by atoms with Gasteiger partial charge < -0.3 is 0 Å². The normalized spacial score (nSPS) is 10.6. The first-order chi connectivity index (χ1) is 8.34. The zero-order valence-electron chi connectivity index (χ0n) is 8.97. The van der Waals surface area contributed by atoms with Gasteiger partial charge in [0.05, 0.1) is 5.69 Å². The molecule has 0 radical (unpaired) electrons. The summed E-state index contributed by atoms with van der Waals surface area (Å²) in [6.45, 7) is 0. The fourth-order valence-electron chi connectivity index (χ4n) is 1.93. The number of aromatic nitrogens is 2. The lowest BCUT2D eigenvalue weighted by Crippen LogP contribution is -1.86. The maximum Gasteiger partial charge on any atom is 0.133 e. The number of halogens is 1. The third-order valence-corrected chi connectivity index (χ3v) is 2.91. The summed E-state index contributed by atoms with van der Waals surface area (Å²) < 4.78 is 0. The maximum atomic E-state index is 5.89. The SMILES string of the molecule is Clc1cc(-c2cccc3ccccc23)ncn1. The zero-order chi connectivity index (χ0) is 11.7. The molecule has 0 atom stereocenters. The third kappa shape index (κ3) is 1.87. The van der Waals surface area contributed by atoms with Crippen molar-refractivity contribution in [2.45, 2.75) is 0 Å². The van der Waals surface area contributed by atoms with Crippen LogP contribution in [0.3, 0.4) is 0 Å². The molecular weight excluding hydrogens is 232 g/mol. The van der Waals surface area contributed by atoms with Gasteiger partial charge in [0, 0.05) is 11.6 Å². The Morgan fingerprint density at radius 3 is 2.59 bits per heavy atom. The van der Waals surface area contributed by atoms with E-state index in [0.29, 0.717) is 5.15 Å². The van der Waals surface area contributed by atoms with Crippen LogP contribution in [0, 0.1) is 0 Å². The van der Waals surface area contributed by atoms with Crippen LogP contribution in [-0.4, -0.2) is 9.97 Å². The van der Waals surface area contributed by atoms with Crippen molar-refractivity contribution in [1.82, 2.24) is 9.97 Å². The molecule has 0 unspecified atom stereocenters. The smallest absolute Gasteiger partial charge is 0.133 e. The van der Waals surface area contributed by atoms with E-state index in [4.69, 9.17) is 11.6 Å². The van der Waals surface area contributed by atoms with Gasteiger partial charge in [-0.15, -0.1) is 0 Å². The van der Waals surface area contributed by atoms with Crippen LogP contribution in [0.15, 0.2) is 54.9 Å². The van der Waals surface area contributed by atoms with Crippen LogP contribution in [0.2, 0.25) is 5.15 Å². The van der Waals surface area contributed by atoms with E-state index in [9.17, 15) is 0 Å². The number of nitrogens with zero attached hydrogens (tertiary/aromatic N) is 2. The Balaban J connectivity index is 2.30. The van der Waals surface area contributed by atoms with Gasteiger partial charge in [0.1, 0.15) is 11.5 Å². The minimum absolute atomic E-state index is 0.461. The molecule has 3 aromatic rings. The average molecular weight is 241 g/mol. The highest BCUT2D eigenvalue weighted by Crippen LogP contribution is 2.27. The molecule has 1 heterocycles. The highest BCUT2D eigenvalue weighted by atomic mass is 35.5. The average Bonchev–Trinajstić information content (AvgIpc) is 2.38. The van der Waals surface area contributed by atoms with Crippen molar-refractivity contribution in [1.29, 1.82) is 0 Å². The highest BCUT2D eigenvalue weighted by molar-refractivity contribution is 6.29. The van der Waals surface area contributed by atoms with Crippen molar-refractivity contribution < 1.29 is 0 Å². The molecule has 0 bridgehead atoms.